The van der Waals surface area contributed by atoms with Gasteiger partial charge in [0.15, 0.2) is 0 Å². The number of carbonyl (C=O) groups is 1. The van der Waals surface area contributed by atoms with E-state index in [0.717, 1.165) is 25.3 Å². The lowest BCUT2D eigenvalue weighted by Crippen LogP contribution is -2.32. The quantitative estimate of drug-likeness (QED) is 0.516. The fourth-order valence-corrected chi connectivity index (χ4v) is 2.74. The molecular formula is C14H18ClN3O3. The number of carbonyl (C=O) groups excluding carboxylic acids is 1. The van der Waals surface area contributed by atoms with Crippen LogP contribution in [0.4, 0.5) is 11.4 Å². The number of nitrogens with zero attached hydrogens (tertiary/aromatic N) is 2. The van der Waals surface area contributed by atoms with Crippen molar-refractivity contribution in [3.05, 3.63) is 32.8 Å². The molecule has 2 rings (SSSR count). The first-order valence-corrected chi connectivity index (χ1v) is 7.30. The monoisotopic (exact) mass is 311 g/mol. The predicted octanol–water partition coefficient (Wildman–Crippen LogP) is 3.09. The summed E-state index contributed by atoms with van der Waals surface area (Å²) in [6.45, 7) is 3.44. The number of hydrogen-bond acceptors (Lipinski definition) is 4. The number of amides is 1. The van der Waals surface area contributed by atoms with E-state index in [2.05, 4.69) is 6.92 Å². The Kier molecular flexibility index (Phi) is 4.67. The maximum Gasteiger partial charge on any atom is 0.271 e. The van der Waals surface area contributed by atoms with Gasteiger partial charge in [-0.3, -0.25) is 14.9 Å². The van der Waals surface area contributed by atoms with Gasteiger partial charge in [0.25, 0.3) is 11.6 Å². The van der Waals surface area contributed by atoms with E-state index in [1.54, 1.807) is 4.90 Å². The summed E-state index contributed by atoms with van der Waals surface area (Å²) in [5, 5.41) is 10.9. The van der Waals surface area contributed by atoms with Crippen LogP contribution in [0.3, 0.4) is 0 Å². The summed E-state index contributed by atoms with van der Waals surface area (Å²) in [4.78, 5) is 24.6. The van der Waals surface area contributed by atoms with Gasteiger partial charge >= 0.3 is 0 Å². The minimum absolute atomic E-state index is 0.0377. The molecule has 0 saturated carbocycles. The van der Waals surface area contributed by atoms with Crippen LogP contribution in [0.2, 0.25) is 5.02 Å². The Balaban J connectivity index is 2.31. The van der Waals surface area contributed by atoms with E-state index in [-0.39, 0.29) is 27.9 Å². The fraction of sp³-hybridized carbons (Fsp3) is 0.500. The molecule has 2 N–H and O–H groups in total. The smallest absolute Gasteiger partial charge is 0.271 e. The summed E-state index contributed by atoms with van der Waals surface area (Å²) in [6, 6.07) is 2.37. The SMILES string of the molecule is CC1CCCN(C(=O)c2cc([N+](=O)[O-])cc(Cl)c2N)CC1. The molecule has 1 atom stereocenters. The Hall–Kier alpha value is -1.82. The lowest BCUT2D eigenvalue weighted by molar-refractivity contribution is -0.384. The van der Waals surface area contributed by atoms with Crippen molar-refractivity contribution in [2.45, 2.75) is 26.2 Å². The maximum absolute atomic E-state index is 12.6. The van der Waals surface area contributed by atoms with Crippen molar-refractivity contribution in [3.8, 4) is 0 Å². The van der Waals surface area contributed by atoms with Gasteiger partial charge in [-0.05, 0) is 25.2 Å². The van der Waals surface area contributed by atoms with Crippen LogP contribution >= 0.6 is 11.6 Å². The number of rotatable bonds is 2. The van der Waals surface area contributed by atoms with Gasteiger partial charge in [0, 0.05) is 25.2 Å². The lowest BCUT2D eigenvalue weighted by atomic mass is 10.0. The summed E-state index contributed by atoms with van der Waals surface area (Å²) < 4.78 is 0. The number of benzene rings is 1. The molecule has 0 aromatic heterocycles. The Morgan fingerprint density at radius 3 is 2.81 bits per heavy atom. The fourth-order valence-electron chi connectivity index (χ4n) is 2.52. The highest BCUT2D eigenvalue weighted by atomic mass is 35.5. The van der Waals surface area contributed by atoms with Crippen LogP contribution in [0.25, 0.3) is 0 Å². The van der Waals surface area contributed by atoms with Crippen LogP contribution < -0.4 is 5.73 Å². The lowest BCUT2D eigenvalue weighted by Gasteiger charge is -2.21. The minimum Gasteiger partial charge on any atom is -0.397 e. The highest BCUT2D eigenvalue weighted by Crippen LogP contribution is 2.30. The third-order valence-electron chi connectivity index (χ3n) is 3.86. The van der Waals surface area contributed by atoms with Crippen LogP contribution in [0, 0.1) is 16.0 Å². The van der Waals surface area contributed by atoms with E-state index in [1.807, 2.05) is 0 Å². The Morgan fingerprint density at radius 1 is 1.43 bits per heavy atom. The van der Waals surface area contributed by atoms with E-state index in [9.17, 15) is 14.9 Å². The molecule has 1 saturated heterocycles. The molecule has 0 spiro atoms. The molecule has 1 amide bonds. The third-order valence-corrected chi connectivity index (χ3v) is 4.17. The topological polar surface area (TPSA) is 89.5 Å². The van der Waals surface area contributed by atoms with Crippen molar-refractivity contribution < 1.29 is 9.72 Å². The van der Waals surface area contributed by atoms with E-state index in [4.69, 9.17) is 17.3 Å². The first-order valence-electron chi connectivity index (χ1n) is 6.93. The number of nitro groups is 1. The third kappa shape index (κ3) is 3.44. The normalized spacial score (nSPS) is 19.1. The summed E-state index contributed by atoms with van der Waals surface area (Å²) in [5.41, 5.74) is 5.82. The standard InChI is InChI=1S/C14H18ClN3O3/c1-9-3-2-5-17(6-4-9)14(19)11-7-10(18(20)21)8-12(15)13(11)16/h7-9H,2-6,16H2,1H3. The molecular weight excluding hydrogens is 294 g/mol. The molecule has 7 heteroatoms. The van der Waals surface area contributed by atoms with Crippen molar-refractivity contribution in [2.24, 2.45) is 5.92 Å². The summed E-state index contributed by atoms with van der Waals surface area (Å²) in [7, 11) is 0. The molecule has 114 valence electrons. The molecule has 1 aliphatic rings. The van der Waals surface area contributed by atoms with Gasteiger partial charge in [-0.1, -0.05) is 18.5 Å². The number of halogens is 1. The Bertz CT molecular complexity index is 577. The van der Waals surface area contributed by atoms with E-state index in [0.29, 0.717) is 19.0 Å². The molecule has 0 bridgehead atoms. The van der Waals surface area contributed by atoms with Crippen LogP contribution in [0.5, 0.6) is 0 Å². The van der Waals surface area contributed by atoms with E-state index in [1.165, 1.54) is 6.07 Å². The van der Waals surface area contributed by atoms with Gasteiger partial charge in [0.2, 0.25) is 0 Å². The minimum atomic E-state index is -0.577. The van der Waals surface area contributed by atoms with E-state index >= 15 is 0 Å². The van der Waals surface area contributed by atoms with E-state index < -0.39 is 4.92 Å². The zero-order valence-corrected chi connectivity index (χ0v) is 12.6. The largest absolute Gasteiger partial charge is 0.397 e. The van der Waals surface area contributed by atoms with Gasteiger partial charge in [-0.25, -0.2) is 0 Å². The van der Waals surface area contributed by atoms with Crippen LogP contribution in [0.1, 0.15) is 36.5 Å². The highest BCUT2D eigenvalue weighted by Gasteiger charge is 2.24. The molecule has 0 aliphatic carbocycles. The number of non-ortho nitro benzene ring substituents is 1. The number of nitro benzene ring substituents is 1. The zero-order chi connectivity index (χ0) is 15.6. The van der Waals surface area contributed by atoms with Crippen molar-refractivity contribution in [1.29, 1.82) is 0 Å². The second-order valence-electron chi connectivity index (χ2n) is 5.47. The van der Waals surface area contributed by atoms with Gasteiger partial charge in [0.1, 0.15) is 0 Å². The molecule has 1 aromatic rings. The first kappa shape index (κ1) is 15.6. The molecule has 0 radical (unpaired) electrons. The first-order chi connectivity index (χ1) is 9.90. The number of nitrogens with two attached hydrogens (primary N) is 1. The number of nitrogen functional groups attached to an aromatic ring is 1. The van der Waals surface area contributed by atoms with Crippen molar-refractivity contribution in [3.63, 3.8) is 0 Å². The second kappa shape index (κ2) is 6.30. The Morgan fingerprint density at radius 2 is 2.14 bits per heavy atom. The predicted molar refractivity (Wildman–Crippen MR) is 81.4 cm³/mol. The molecule has 1 unspecified atom stereocenters. The molecule has 6 nitrogen and oxygen atoms in total. The van der Waals surface area contributed by atoms with Crippen LogP contribution in [-0.2, 0) is 0 Å². The number of anilines is 1. The average Bonchev–Trinajstić information content (AvgIpc) is 2.65. The van der Waals surface area contributed by atoms with Crippen LogP contribution in [-0.4, -0.2) is 28.8 Å². The summed E-state index contributed by atoms with van der Waals surface area (Å²) >= 11 is 5.90. The average molecular weight is 312 g/mol. The van der Waals surface area contributed by atoms with Gasteiger partial charge < -0.3 is 10.6 Å². The number of hydrogen-bond donors (Lipinski definition) is 1. The molecule has 1 fully saturated rings. The van der Waals surface area contributed by atoms with Gasteiger partial charge in [-0.2, -0.15) is 0 Å². The second-order valence-corrected chi connectivity index (χ2v) is 5.88. The maximum atomic E-state index is 12.6. The number of likely N-dealkylation sites (tertiary alicyclic amines) is 1. The molecule has 21 heavy (non-hydrogen) atoms. The van der Waals surface area contributed by atoms with Gasteiger partial charge in [-0.15, -0.1) is 0 Å². The summed E-state index contributed by atoms with van der Waals surface area (Å²) in [5.74, 6) is 0.293. The molecule has 1 heterocycles. The van der Waals surface area contributed by atoms with Crippen molar-refractivity contribution in [1.82, 2.24) is 4.90 Å². The van der Waals surface area contributed by atoms with Crippen molar-refractivity contribution in [2.75, 3.05) is 18.8 Å². The molecule has 1 aromatic carbocycles. The Labute approximate surface area is 128 Å². The zero-order valence-electron chi connectivity index (χ0n) is 11.8. The van der Waals surface area contributed by atoms with Gasteiger partial charge in [0.05, 0.1) is 21.2 Å². The van der Waals surface area contributed by atoms with Crippen molar-refractivity contribution >= 4 is 28.9 Å². The summed E-state index contributed by atoms with van der Waals surface area (Å²) in [6.07, 6.45) is 2.93. The van der Waals surface area contributed by atoms with Crippen LogP contribution in [0.15, 0.2) is 12.1 Å². The highest BCUT2D eigenvalue weighted by molar-refractivity contribution is 6.34. The molecule has 1 aliphatic heterocycles.